The molecule has 6 heteroatoms. The lowest BCUT2D eigenvalue weighted by molar-refractivity contribution is -0.143. The van der Waals surface area contributed by atoms with Crippen molar-refractivity contribution in [3.05, 3.63) is 21.9 Å². The van der Waals surface area contributed by atoms with Gasteiger partial charge in [-0.1, -0.05) is 19.3 Å². The summed E-state index contributed by atoms with van der Waals surface area (Å²) in [5.41, 5.74) is -1.24. The van der Waals surface area contributed by atoms with E-state index in [-0.39, 0.29) is 17.3 Å². The molecule has 1 aliphatic rings. The second-order valence-corrected chi connectivity index (χ2v) is 6.01. The lowest BCUT2D eigenvalue weighted by Gasteiger charge is -2.30. The molecule has 1 fully saturated rings. The molecular formula is C13H17NO4S. The monoisotopic (exact) mass is 283 g/mol. The number of rotatable bonds is 4. The molecule has 0 aliphatic heterocycles. The van der Waals surface area contributed by atoms with E-state index < -0.39 is 11.6 Å². The highest BCUT2D eigenvalue weighted by molar-refractivity contribution is 7.13. The van der Waals surface area contributed by atoms with Crippen molar-refractivity contribution in [1.29, 1.82) is 0 Å². The van der Waals surface area contributed by atoms with Gasteiger partial charge in [-0.25, -0.2) is 4.79 Å². The maximum absolute atomic E-state index is 12.0. The highest BCUT2D eigenvalue weighted by Gasteiger charge is 2.36. The largest absolute Gasteiger partial charge is 0.477 e. The van der Waals surface area contributed by atoms with Crippen molar-refractivity contribution < 1.29 is 19.8 Å². The highest BCUT2D eigenvalue weighted by Crippen LogP contribution is 2.28. The number of thiophene rings is 1. The molecule has 5 nitrogen and oxygen atoms in total. The van der Waals surface area contributed by atoms with Crippen molar-refractivity contribution in [1.82, 2.24) is 5.32 Å². The summed E-state index contributed by atoms with van der Waals surface area (Å²) < 4.78 is 0. The predicted molar refractivity (Wildman–Crippen MR) is 71.2 cm³/mol. The van der Waals surface area contributed by atoms with E-state index in [1.807, 2.05) is 0 Å². The zero-order valence-electron chi connectivity index (χ0n) is 10.5. The van der Waals surface area contributed by atoms with Gasteiger partial charge in [0, 0.05) is 4.88 Å². The molecule has 3 N–H and O–H groups in total. The van der Waals surface area contributed by atoms with E-state index in [9.17, 15) is 14.7 Å². The van der Waals surface area contributed by atoms with Crippen LogP contribution in [0.25, 0.3) is 0 Å². The van der Waals surface area contributed by atoms with Gasteiger partial charge in [0.1, 0.15) is 10.5 Å². The third-order valence-electron chi connectivity index (χ3n) is 3.40. The average Bonchev–Trinajstić information content (AvgIpc) is 2.85. The molecule has 19 heavy (non-hydrogen) atoms. The Morgan fingerprint density at radius 2 is 1.95 bits per heavy atom. The SMILES string of the molecule is O=C(O)c1ccc(CNC(=O)C2(O)CCCCC2)s1. The average molecular weight is 283 g/mol. The maximum Gasteiger partial charge on any atom is 0.345 e. The van der Waals surface area contributed by atoms with Crippen LogP contribution in [0, 0.1) is 0 Å². The fourth-order valence-electron chi connectivity index (χ4n) is 2.28. The minimum atomic E-state index is -1.24. The molecule has 0 radical (unpaired) electrons. The first kappa shape index (κ1) is 14.0. The van der Waals surface area contributed by atoms with Gasteiger partial charge in [-0.05, 0) is 25.0 Å². The number of carboxylic acids is 1. The van der Waals surface area contributed by atoms with Crippen LogP contribution in [0.3, 0.4) is 0 Å². The lowest BCUT2D eigenvalue weighted by atomic mass is 9.84. The molecule has 1 aromatic heterocycles. The Labute approximate surface area is 115 Å². The van der Waals surface area contributed by atoms with E-state index >= 15 is 0 Å². The van der Waals surface area contributed by atoms with Crippen molar-refractivity contribution in [2.24, 2.45) is 0 Å². The Morgan fingerprint density at radius 3 is 2.53 bits per heavy atom. The number of carbonyl (C=O) groups excluding carboxylic acids is 1. The molecule has 0 atom stereocenters. The van der Waals surface area contributed by atoms with E-state index in [1.54, 1.807) is 6.07 Å². The number of carbonyl (C=O) groups is 2. The zero-order valence-corrected chi connectivity index (χ0v) is 11.3. The summed E-state index contributed by atoms with van der Waals surface area (Å²) >= 11 is 1.13. The molecule has 0 saturated heterocycles. The second kappa shape index (κ2) is 5.71. The minimum Gasteiger partial charge on any atom is -0.477 e. The van der Waals surface area contributed by atoms with E-state index in [4.69, 9.17) is 5.11 Å². The van der Waals surface area contributed by atoms with Crippen LogP contribution in [0.4, 0.5) is 0 Å². The Balaban J connectivity index is 1.90. The molecule has 1 saturated carbocycles. The van der Waals surface area contributed by atoms with E-state index in [0.29, 0.717) is 12.8 Å². The summed E-state index contributed by atoms with van der Waals surface area (Å²) in [6.45, 7) is 0.263. The summed E-state index contributed by atoms with van der Waals surface area (Å²) in [7, 11) is 0. The van der Waals surface area contributed by atoms with Crippen LogP contribution in [0.15, 0.2) is 12.1 Å². The van der Waals surface area contributed by atoms with Crippen molar-refractivity contribution in [3.8, 4) is 0 Å². The van der Waals surface area contributed by atoms with Crippen molar-refractivity contribution in [3.63, 3.8) is 0 Å². The quantitative estimate of drug-likeness (QED) is 0.786. The summed E-state index contributed by atoms with van der Waals surface area (Å²) in [4.78, 5) is 23.7. The lowest BCUT2D eigenvalue weighted by Crippen LogP contribution is -2.47. The highest BCUT2D eigenvalue weighted by atomic mass is 32.1. The Kier molecular flexibility index (Phi) is 4.21. The minimum absolute atomic E-state index is 0.251. The Morgan fingerprint density at radius 1 is 1.26 bits per heavy atom. The number of amides is 1. The van der Waals surface area contributed by atoms with Gasteiger partial charge >= 0.3 is 5.97 Å². The first-order valence-corrected chi connectivity index (χ1v) is 7.16. The van der Waals surface area contributed by atoms with E-state index in [2.05, 4.69) is 5.32 Å². The van der Waals surface area contributed by atoms with Crippen LogP contribution in [0.2, 0.25) is 0 Å². The molecular weight excluding hydrogens is 266 g/mol. The number of hydrogen-bond acceptors (Lipinski definition) is 4. The fourth-order valence-corrected chi connectivity index (χ4v) is 3.07. The molecule has 1 aromatic rings. The zero-order chi connectivity index (χ0) is 13.9. The molecule has 0 aromatic carbocycles. The van der Waals surface area contributed by atoms with Crippen LogP contribution in [0.5, 0.6) is 0 Å². The second-order valence-electron chi connectivity index (χ2n) is 4.85. The fraction of sp³-hybridized carbons (Fsp3) is 0.538. The Hall–Kier alpha value is -1.40. The number of carboxylic acid groups (broad SMARTS) is 1. The summed E-state index contributed by atoms with van der Waals surface area (Å²) in [5.74, 6) is -1.31. The van der Waals surface area contributed by atoms with Gasteiger partial charge in [0.15, 0.2) is 0 Å². The van der Waals surface area contributed by atoms with Gasteiger partial charge in [-0.2, -0.15) is 0 Å². The molecule has 1 heterocycles. The first-order chi connectivity index (χ1) is 9.01. The van der Waals surface area contributed by atoms with Crippen LogP contribution in [0.1, 0.15) is 46.7 Å². The topological polar surface area (TPSA) is 86.6 Å². The Bertz CT molecular complexity index is 477. The van der Waals surface area contributed by atoms with Gasteiger partial charge in [-0.15, -0.1) is 11.3 Å². The summed E-state index contributed by atoms with van der Waals surface area (Å²) in [6.07, 6.45) is 3.80. The number of nitrogens with one attached hydrogen (secondary N) is 1. The smallest absolute Gasteiger partial charge is 0.345 e. The number of hydrogen-bond donors (Lipinski definition) is 3. The van der Waals surface area contributed by atoms with Crippen molar-refractivity contribution in [2.45, 2.75) is 44.2 Å². The van der Waals surface area contributed by atoms with Gasteiger partial charge in [0.05, 0.1) is 6.54 Å². The van der Waals surface area contributed by atoms with Crippen LogP contribution < -0.4 is 5.32 Å². The molecule has 1 amide bonds. The van der Waals surface area contributed by atoms with Gasteiger partial charge in [0.25, 0.3) is 5.91 Å². The van der Waals surface area contributed by atoms with Crippen LogP contribution in [-0.4, -0.2) is 27.7 Å². The number of aliphatic hydroxyl groups is 1. The van der Waals surface area contributed by atoms with E-state index in [1.165, 1.54) is 6.07 Å². The van der Waals surface area contributed by atoms with Gasteiger partial charge in [0.2, 0.25) is 0 Å². The molecule has 0 bridgehead atoms. The molecule has 0 unspecified atom stereocenters. The van der Waals surface area contributed by atoms with Gasteiger partial charge in [-0.3, -0.25) is 4.79 Å². The predicted octanol–water partition coefficient (Wildman–Crippen LogP) is 1.76. The standard InChI is InChI=1S/C13H17NO4S/c15-11(16)10-5-4-9(19-10)8-14-12(17)13(18)6-2-1-3-7-13/h4-5,18H,1-3,6-8H2,(H,14,17)(H,15,16). The maximum atomic E-state index is 12.0. The molecule has 1 aliphatic carbocycles. The van der Waals surface area contributed by atoms with Crippen LogP contribution in [-0.2, 0) is 11.3 Å². The third-order valence-corrected chi connectivity index (χ3v) is 4.47. The van der Waals surface area contributed by atoms with E-state index in [0.717, 1.165) is 35.5 Å². The van der Waals surface area contributed by atoms with Gasteiger partial charge < -0.3 is 15.5 Å². The van der Waals surface area contributed by atoms with Crippen molar-refractivity contribution in [2.75, 3.05) is 0 Å². The molecule has 2 rings (SSSR count). The third kappa shape index (κ3) is 3.33. The van der Waals surface area contributed by atoms with Crippen LogP contribution >= 0.6 is 11.3 Å². The normalized spacial score (nSPS) is 17.9. The summed E-state index contributed by atoms with van der Waals surface area (Å²) in [5, 5.41) is 21.7. The summed E-state index contributed by atoms with van der Waals surface area (Å²) in [6, 6.07) is 3.20. The van der Waals surface area contributed by atoms with Crippen molar-refractivity contribution >= 4 is 23.2 Å². The molecule has 0 spiro atoms. The molecule has 104 valence electrons. The number of aromatic carboxylic acids is 1. The first-order valence-electron chi connectivity index (χ1n) is 6.34.